The van der Waals surface area contributed by atoms with Crippen LogP contribution >= 0.6 is 24.8 Å². The summed E-state index contributed by atoms with van der Waals surface area (Å²) in [7, 11) is -3.62. The van der Waals surface area contributed by atoms with Gasteiger partial charge in [-0.05, 0) is 49.5 Å². The van der Waals surface area contributed by atoms with Crippen LogP contribution in [-0.4, -0.2) is 48.8 Å². The Morgan fingerprint density at radius 2 is 1.59 bits per heavy atom. The third-order valence-corrected chi connectivity index (χ3v) is 6.00. The molecule has 0 fully saturated rings. The maximum absolute atomic E-state index is 13.1. The highest BCUT2D eigenvalue weighted by molar-refractivity contribution is 7.89. The monoisotopic (exact) mass is 434 g/mol. The van der Waals surface area contributed by atoms with E-state index in [1.807, 2.05) is 18.2 Å². The van der Waals surface area contributed by atoms with Gasteiger partial charge in [-0.3, -0.25) is 4.98 Å². The van der Waals surface area contributed by atoms with E-state index in [0.29, 0.717) is 18.8 Å². The van der Waals surface area contributed by atoms with E-state index in [0.717, 1.165) is 18.8 Å². The van der Waals surface area contributed by atoms with Crippen LogP contribution in [0.5, 0.6) is 0 Å². The van der Waals surface area contributed by atoms with Gasteiger partial charge in [-0.2, -0.15) is 4.31 Å². The van der Waals surface area contributed by atoms with Gasteiger partial charge in [0.2, 0.25) is 10.0 Å². The lowest BCUT2D eigenvalue weighted by molar-refractivity contribution is 0.268. The van der Waals surface area contributed by atoms with Gasteiger partial charge in [-0.1, -0.05) is 19.9 Å². The summed E-state index contributed by atoms with van der Waals surface area (Å²) in [5.41, 5.74) is 6.94. The van der Waals surface area contributed by atoms with E-state index in [1.54, 1.807) is 30.5 Å². The Morgan fingerprint density at radius 1 is 0.963 bits per heavy atom. The van der Waals surface area contributed by atoms with Crippen molar-refractivity contribution in [2.24, 2.45) is 0 Å². The molecule has 0 spiro atoms. The van der Waals surface area contributed by atoms with Gasteiger partial charge < -0.3 is 10.6 Å². The molecule has 27 heavy (non-hydrogen) atoms. The van der Waals surface area contributed by atoms with Crippen molar-refractivity contribution in [3.63, 3.8) is 0 Å². The summed E-state index contributed by atoms with van der Waals surface area (Å²) in [5.74, 6) is 0. The first kappa shape index (κ1) is 25.6. The number of halogens is 2. The Hall–Kier alpha value is -1.38. The molecule has 0 radical (unpaired) electrons. The lowest BCUT2D eigenvalue weighted by atomic mass is 10.3. The summed E-state index contributed by atoms with van der Waals surface area (Å²) in [5, 5.41) is 0. The van der Waals surface area contributed by atoms with Crippen molar-refractivity contribution in [1.82, 2.24) is 14.2 Å². The molecule has 0 bridgehead atoms. The lowest BCUT2D eigenvalue weighted by Gasteiger charge is -2.26. The zero-order chi connectivity index (χ0) is 18.3. The molecule has 0 aliphatic carbocycles. The molecule has 0 unspecified atom stereocenters. The molecule has 0 saturated carbocycles. The molecular weight excluding hydrogens is 407 g/mol. The average molecular weight is 435 g/mol. The molecule has 1 aromatic heterocycles. The Kier molecular flexibility index (Phi) is 11.5. The van der Waals surface area contributed by atoms with Crippen molar-refractivity contribution < 1.29 is 8.42 Å². The van der Waals surface area contributed by atoms with Gasteiger partial charge >= 0.3 is 0 Å². The molecule has 0 amide bonds. The van der Waals surface area contributed by atoms with Crippen molar-refractivity contribution in [2.45, 2.75) is 25.3 Å². The fraction of sp³-hybridized carbons (Fsp3) is 0.389. The molecular formula is C18H28Cl2N4O2S. The fourth-order valence-electron chi connectivity index (χ4n) is 2.54. The average Bonchev–Trinajstić information content (AvgIpc) is 2.62. The standard InChI is InChI=1S/C18H26N4O2S.2ClH/c1-3-21(4-2)13-14-22(15-17-7-5-6-12-20-17)25(23,24)18-10-8-16(19)9-11-18;;/h5-12H,3-4,13-15,19H2,1-2H3;2*1H. The van der Waals surface area contributed by atoms with Crippen LogP contribution in [0.25, 0.3) is 0 Å². The van der Waals surface area contributed by atoms with Crippen molar-refractivity contribution in [1.29, 1.82) is 0 Å². The van der Waals surface area contributed by atoms with Gasteiger partial charge in [0.05, 0.1) is 17.1 Å². The van der Waals surface area contributed by atoms with Crippen LogP contribution in [0.3, 0.4) is 0 Å². The quantitative estimate of drug-likeness (QED) is 0.613. The summed E-state index contributed by atoms with van der Waals surface area (Å²) < 4.78 is 27.6. The molecule has 0 aliphatic heterocycles. The van der Waals surface area contributed by atoms with Crippen LogP contribution in [0.4, 0.5) is 5.69 Å². The second kappa shape index (κ2) is 12.2. The number of nitrogens with two attached hydrogens (primary N) is 1. The first-order valence-corrected chi connectivity index (χ1v) is 9.89. The number of anilines is 1. The largest absolute Gasteiger partial charge is 0.399 e. The normalized spacial score (nSPS) is 11.1. The predicted molar refractivity (Wildman–Crippen MR) is 115 cm³/mol. The number of rotatable bonds is 9. The Labute approximate surface area is 174 Å². The number of sulfonamides is 1. The molecule has 0 atom stereocenters. The number of hydrogen-bond acceptors (Lipinski definition) is 5. The summed E-state index contributed by atoms with van der Waals surface area (Å²) in [6.45, 7) is 7.24. The van der Waals surface area contributed by atoms with E-state index < -0.39 is 10.0 Å². The maximum atomic E-state index is 13.1. The first-order chi connectivity index (χ1) is 12.0. The second-order valence-electron chi connectivity index (χ2n) is 5.76. The van der Waals surface area contributed by atoms with Crippen molar-refractivity contribution in [2.75, 3.05) is 31.9 Å². The highest BCUT2D eigenvalue weighted by Crippen LogP contribution is 2.19. The Morgan fingerprint density at radius 3 is 2.11 bits per heavy atom. The zero-order valence-corrected chi connectivity index (χ0v) is 18.1. The lowest BCUT2D eigenvalue weighted by Crippen LogP contribution is -2.38. The van der Waals surface area contributed by atoms with E-state index in [4.69, 9.17) is 5.73 Å². The van der Waals surface area contributed by atoms with Crippen LogP contribution in [0.15, 0.2) is 53.6 Å². The predicted octanol–water partition coefficient (Wildman–Crippen LogP) is 3.04. The third kappa shape index (κ3) is 7.27. The van der Waals surface area contributed by atoms with Gasteiger partial charge in [-0.15, -0.1) is 24.8 Å². The van der Waals surface area contributed by atoms with Crippen LogP contribution in [0.2, 0.25) is 0 Å². The van der Waals surface area contributed by atoms with E-state index in [-0.39, 0.29) is 36.3 Å². The minimum Gasteiger partial charge on any atom is -0.399 e. The van der Waals surface area contributed by atoms with Crippen LogP contribution in [0.1, 0.15) is 19.5 Å². The van der Waals surface area contributed by atoms with E-state index >= 15 is 0 Å². The number of hydrogen-bond donors (Lipinski definition) is 1. The molecule has 9 heteroatoms. The molecule has 0 aliphatic rings. The van der Waals surface area contributed by atoms with Crippen molar-refractivity contribution >= 4 is 40.5 Å². The van der Waals surface area contributed by atoms with Gasteiger partial charge in [0.1, 0.15) is 0 Å². The molecule has 1 heterocycles. The Balaban J connectivity index is 0.00000338. The molecule has 2 N–H and O–H groups in total. The van der Waals surface area contributed by atoms with Gasteiger partial charge in [0, 0.05) is 25.0 Å². The molecule has 2 aromatic rings. The minimum absolute atomic E-state index is 0. The third-order valence-electron chi connectivity index (χ3n) is 4.14. The van der Waals surface area contributed by atoms with Crippen LogP contribution in [0, 0.1) is 0 Å². The van der Waals surface area contributed by atoms with E-state index in [2.05, 4.69) is 23.7 Å². The minimum atomic E-state index is -3.62. The summed E-state index contributed by atoms with van der Waals surface area (Å²) in [4.78, 5) is 6.71. The number of likely N-dealkylation sites (N-methyl/N-ethyl adjacent to an activating group) is 1. The number of benzene rings is 1. The summed E-state index contributed by atoms with van der Waals surface area (Å²) >= 11 is 0. The number of aromatic nitrogens is 1. The topological polar surface area (TPSA) is 79.5 Å². The number of nitrogen functional groups attached to an aromatic ring is 1. The number of pyridine rings is 1. The van der Waals surface area contributed by atoms with Crippen LogP contribution in [-0.2, 0) is 16.6 Å². The van der Waals surface area contributed by atoms with E-state index in [9.17, 15) is 8.42 Å². The Bertz CT molecular complexity index is 755. The smallest absolute Gasteiger partial charge is 0.243 e. The maximum Gasteiger partial charge on any atom is 0.243 e. The number of nitrogens with zero attached hydrogens (tertiary/aromatic N) is 3. The van der Waals surface area contributed by atoms with Crippen molar-refractivity contribution in [3.8, 4) is 0 Å². The van der Waals surface area contributed by atoms with Crippen LogP contribution < -0.4 is 5.73 Å². The summed E-state index contributed by atoms with van der Waals surface area (Å²) in [6, 6.07) is 11.8. The highest BCUT2D eigenvalue weighted by Gasteiger charge is 2.25. The zero-order valence-electron chi connectivity index (χ0n) is 15.6. The molecule has 0 saturated heterocycles. The van der Waals surface area contributed by atoms with Crippen molar-refractivity contribution in [3.05, 3.63) is 54.4 Å². The summed E-state index contributed by atoms with van der Waals surface area (Å²) in [6.07, 6.45) is 1.67. The molecule has 6 nitrogen and oxygen atoms in total. The van der Waals surface area contributed by atoms with Gasteiger partial charge in [-0.25, -0.2) is 8.42 Å². The highest BCUT2D eigenvalue weighted by atomic mass is 35.5. The van der Waals surface area contributed by atoms with Gasteiger partial charge in [0.15, 0.2) is 0 Å². The van der Waals surface area contributed by atoms with Gasteiger partial charge in [0.25, 0.3) is 0 Å². The second-order valence-corrected chi connectivity index (χ2v) is 7.69. The molecule has 2 rings (SSSR count). The first-order valence-electron chi connectivity index (χ1n) is 8.45. The molecule has 152 valence electrons. The fourth-order valence-corrected chi connectivity index (χ4v) is 3.94. The van der Waals surface area contributed by atoms with E-state index in [1.165, 1.54) is 4.31 Å². The SMILES string of the molecule is CCN(CC)CCN(Cc1ccccn1)S(=O)(=O)c1ccc(N)cc1.Cl.Cl. The molecule has 1 aromatic carbocycles.